The average Bonchev–Trinajstić information content (AvgIpc) is 2.41. The topological polar surface area (TPSA) is 66.0 Å². The minimum Gasteiger partial charge on any atom is -0.465 e. The largest absolute Gasteiger partial charge is 0.465 e. The molecule has 0 fully saturated rings. The van der Waals surface area contributed by atoms with Crippen molar-refractivity contribution < 1.29 is 23.7 Å². The van der Waals surface area contributed by atoms with Crippen LogP contribution in [0.25, 0.3) is 0 Å². The molecule has 1 unspecified atom stereocenters. The van der Waals surface area contributed by atoms with Gasteiger partial charge in [0.25, 0.3) is 0 Å². The van der Waals surface area contributed by atoms with Crippen LogP contribution in [0.5, 0.6) is 0 Å². The number of methoxy groups -OCH3 is 1. The van der Waals surface area contributed by atoms with Crippen molar-refractivity contribution in [1.82, 2.24) is 5.32 Å². The number of carbonyl (C=O) groups is 1. The summed E-state index contributed by atoms with van der Waals surface area (Å²) in [5.41, 5.74) is -0.799. The second-order valence-corrected chi connectivity index (χ2v) is 4.31. The molecule has 0 saturated carbocycles. The van der Waals surface area contributed by atoms with E-state index in [9.17, 15) is 4.79 Å². The first-order valence-corrected chi connectivity index (χ1v) is 6.61. The maximum atomic E-state index is 11.7. The monoisotopic (exact) mass is 277 g/mol. The molecule has 0 bridgehead atoms. The van der Waals surface area contributed by atoms with Crippen molar-refractivity contribution in [3.63, 3.8) is 0 Å². The fourth-order valence-electron chi connectivity index (χ4n) is 1.31. The Balaban J connectivity index is 3.69. The van der Waals surface area contributed by atoms with Crippen LogP contribution in [-0.2, 0) is 23.7 Å². The fraction of sp³-hybridized carbons (Fsp3) is 0.923. The van der Waals surface area contributed by atoms with Crippen molar-refractivity contribution in [3.05, 3.63) is 0 Å². The summed E-state index contributed by atoms with van der Waals surface area (Å²) in [5.74, 6) is -0.297. The Morgan fingerprint density at radius 2 is 1.84 bits per heavy atom. The van der Waals surface area contributed by atoms with Crippen LogP contribution in [0.2, 0.25) is 0 Å². The molecule has 0 aliphatic rings. The molecule has 1 atom stereocenters. The molecule has 0 heterocycles. The second-order valence-electron chi connectivity index (χ2n) is 4.31. The number of hydrogen-bond donors (Lipinski definition) is 1. The van der Waals surface area contributed by atoms with E-state index in [1.807, 2.05) is 0 Å². The highest BCUT2D eigenvalue weighted by Crippen LogP contribution is 2.07. The SMILES string of the molecule is CCOC(=O)C(C)(COCCCOCCOC)NC. The number of rotatable bonds is 12. The minimum absolute atomic E-state index is 0.278. The Hall–Kier alpha value is -0.690. The van der Waals surface area contributed by atoms with Crippen molar-refractivity contribution in [1.29, 1.82) is 0 Å². The van der Waals surface area contributed by atoms with E-state index in [4.69, 9.17) is 18.9 Å². The van der Waals surface area contributed by atoms with Crippen LogP contribution in [0, 0.1) is 0 Å². The lowest BCUT2D eigenvalue weighted by atomic mass is 10.1. The molecule has 0 aromatic carbocycles. The first-order chi connectivity index (χ1) is 9.10. The Morgan fingerprint density at radius 1 is 1.16 bits per heavy atom. The molecule has 114 valence electrons. The molecule has 6 heteroatoms. The molecule has 0 aliphatic carbocycles. The predicted octanol–water partition coefficient (Wildman–Crippen LogP) is 0.597. The standard InChI is InChI=1S/C13H27NO5/c1-5-19-12(15)13(2,14-3)11-18-8-6-7-17-10-9-16-4/h14H,5-11H2,1-4H3. The lowest BCUT2D eigenvalue weighted by molar-refractivity contribution is -0.153. The summed E-state index contributed by atoms with van der Waals surface area (Å²) in [6.45, 7) is 6.55. The number of ether oxygens (including phenoxy) is 4. The van der Waals surface area contributed by atoms with Gasteiger partial charge in [0, 0.05) is 20.3 Å². The summed E-state index contributed by atoms with van der Waals surface area (Å²) in [4.78, 5) is 11.7. The van der Waals surface area contributed by atoms with E-state index in [1.165, 1.54) is 0 Å². The molecular weight excluding hydrogens is 250 g/mol. The van der Waals surface area contributed by atoms with Gasteiger partial charge in [-0.05, 0) is 27.3 Å². The third-order valence-electron chi connectivity index (χ3n) is 2.68. The average molecular weight is 277 g/mol. The van der Waals surface area contributed by atoms with E-state index in [0.717, 1.165) is 6.42 Å². The highest BCUT2D eigenvalue weighted by Gasteiger charge is 2.33. The molecule has 0 amide bonds. The third-order valence-corrected chi connectivity index (χ3v) is 2.68. The van der Waals surface area contributed by atoms with Gasteiger partial charge < -0.3 is 24.3 Å². The van der Waals surface area contributed by atoms with E-state index < -0.39 is 5.54 Å². The Bertz CT molecular complexity index is 237. The van der Waals surface area contributed by atoms with Gasteiger partial charge in [0.15, 0.2) is 0 Å². The quantitative estimate of drug-likeness (QED) is 0.416. The van der Waals surface area contributed by atoms with Gasteiger partial charge in [-0.15, -0.1) is 0 Å². The summed E-state index contributed by atoms with van der Waals surface area (Å²) in [7, 11) is 3.36. The lowest BCUT2D eigenvalue weighted by Crippen LogP contribution is -2.52. The molecule has 0 saturated heterocycles. The van der Waals surface area contributed by atoms with Crippen molar-refractivity contribution in [2.75, 3.05) is 53.8 Å². The summed E-state index contributed by atoms with van der Waals surface area (Å²) in [6.07, 6.45) is 0.784. The van der Waals surface area contributed by atoms with Crippen molar-refractivity contribution in [2.45, 2.75) is 25.8 Å². The number of nitrogens with one attached hydrogen (secondary N) is 1. The van der Waals surface area contributed by atoms with Gasteiger partial charge in [0.1, 0.15) is 5.54 Å². The van der Waals surface area contributed by atoms with Crippen LogP contribution in [0.1, 0.15) is 20.3 Å². The first kappa shape index (κ1) is 18.3. The van der Waals surface area contributed by atoms with Crippen LogP contribution >= 0.6 is 0 Å². The molecular formula is C13H27NO5. The Morgan fingerprint density at radius 3 is 2.42 bits per heavy atom. The van der Waals surface area contributed by atoms with Crippen LogP contribution in [0.3, 0.4) is 0 Å². The maximum Gasteiger partial charge on any atom is 0.328 e. The van der Waals surface area contributed by atoms with E-state index in [2.05, 4.69) is 5.32 Å². The lowest BCUT2D eigenvalue weighted by Gasteiger charge is -2.26. The van der Waals surface area contributed by atoms with Gasteiger partial charge in [-0.3, -0.25) is 0 Å². The molecule has 0 aromatic rings. The van der Waals surface area contributed by atoms with Gasteiger partial charge in [-0.1, -0.05) is 0 Å². The van der Waals surface area contributed by atoms with Crippen LogP contribution in [0.4, 0.5) is 0 Å². The van der Waals surface area contributed by atoms with Crippen molar-refractivity contribution in [2.24, 2.45) is 0 Å². The predicted molar refractivity (Wildman–Crippen MR) is 72.2 cm³/mol. The Kier molecular flexibility index (Phi) is 10.8. The molecule has 6 nitrogen and oxygen atoms in total. The second kappa shape index (κ2) is 11.2. The third kappa shape index (κ3) is 8.15. The van der Waals surface area contributed by atoms with Crippen LogP contribution < -0.4 is 5.32 Å². The zero-order valence-electron chi connectivity index (χ0n) is 12.5. The smallest absolute Gasteiger partial charge is 0.328 e. The number of esters is 1. The molecule has 0 aliphatic heterocycles. The summed E-state index contributed by atoms with van der Waals surface area (Å²) in [6, 6.07) is 0. The summed E-state index contributed by atoms with van der Waals surface area (Å²) < 4.78 is 20.7. The van der Waals surface area contributed by atoms with Gasteiger partial charge in [0.2, 0.25) is 0 Å². The van der Waals surface area contributed by atoms with Gasteiger partial charge >= 0.3 is 5.97 Å². The molecule has 0 radical (unpaired) electrons. The van der Waals surface area contributed by atoms with E-state index in [-0.39, 0.29) is 12.6 Å². The summed E-state index contributed by atoms with van der Waals surface area (Å²) in [5, 5.41) is 2.93. The van der Waals surface area contributed by atoms with E-state index in [1.54, 1.807) is 28.0 Å². The van der Waals surface area contributed by atoms with Crippen LogP contribution in [-0.4, -0.2) is 65.3 Å². The van der Waals surface area contributed by atoms with Crippen LogP contribution in [0.15, 0.2) is 0 Å². The molecule has 1 N–H and O–H groups in total. The van der Waals surface area contributed by atoms with Crippen molar-refractivity contribution in [3.8, 4) is 0 Å². The number of carbonyl (C=O) groups excluding carboxylic acids is 1. The molecule has 0 spiro atoms. The summed E-state index contributed by atoms with van der Waals surface area (Å²) >= 11 is 0. The van der Waals surface area contributed by atoms with Gasteiger partial charge in [0.05, 0.1) is 26.4 Å². The van der Waals surface area contributed by atoms with Crippen molar-refractivity contribution >= 4 is 5.97 Å². The maximum absolute atomic E-state index is 11.7. The van der Waals surface area contributed by atoms with E-state index >= 15 is 0 Å². The first-order valence-electron chi connectivity index (χ1n) is 6.61. The fourth-order valence-corrected chi connectivity index (χ4v) is 1.31. The zero-order chi connectivity index (χ0) is 14.6. The highest BCUT2D eigenvalue weighted by molar-refractivity contribution is 5.80. The normalized spacial score (nSPS) is 14.1. The van der Waals surface area contributed by atoms with Gasteiger partial charge in [-0.2, -0.15) is 0 Å². The number of likely N-dealkylation sites (N-methyl/N-ethyl adjacent to an activating group) is 1. The van der Waals surface area contributed by atoms with Gasteiger partial charge in [-0.25, -0.2) is 4.79 Å². The minimum atomic E-state index is -0.799. The zero-order valence-corrected chi connectivity index (χ0v) is 12.5. The molecule has 0 rings (SSSR count). The highest BCUT2D eigenvalue weighted by atomic mass is 16.5. The molecule has 0 aromatic heterocycles. The Labute approximate surface area is 115 Å². The van der Waals surface area contributed by atoms with E-state index in [0.29, 0.717) is 33.0 Å². The molecule has 19 heavy (non-hydrogen) atoms. The number of hydrogen-bond acceptors (Lipinski definition) is 6.